The predicted molar refractivity (Wildman–Crippen MR) is 75.7 cm³/mol. The van der Waals surface area contributed by atoms with E-state index in [4.69, 9.17) is 14.6 Å². The van der Waals surface area contributed by atoms with Crippen molar-refractivity contribution >= 4 is 5.69 Å². The molecule has 106 valence electrons. The molecule has 1 aromatic carbocycles. The molecule has 1 aliphatic heterocycles. The molecule has 0 aliphatic carbocycles. The number of aliphatic hydroxyl groups excluding tert-OH is 1. The van der Waals surface area contributed by atoms with E-state index in [1.807, 2.05) is 24.3 Å². The number of unbranched alkanes of at least 4 members (excludes halogenated alkanes) is 1. The quantitative estimate of drug-likeness (QED) is 0.709. The van der Waals surface area contributed by atoms with Crippen LogP contribution in [0.1, 0.15) is 25.7 Å². The van der Waals surface area contributed by atoms with Gasteiger partial charge in [-0.1, -0.05) is 12.1 Å². The second-order valence-corrected chi connectivity index (χ2v) is 4.80. The third-order valence-corrected chi connectivity index (χ3v) is 3.24. The minimum atomic E-state index is 0.238. The third-order valence-electron chi connectivity index (χ3n) is 3.24. The fourth-order valence-corrected chi connectivity index (χ4v) is 2.16. The van der Waals surface area contributed by atoms with Crippen molar-refractivity contribution in [2.75, 3.05) is 31.7 Å². The van der Waals surface area contributed by atoms with Crippen LogP contribution in [0.15, 0.2) is 24.3 Å². The van der Waals surface area contributed by atoms with E-state index >= 15 is 0 Å². The average molecular weight is 265 g/mol. The van der Waals surface area contributed by atoms with Crippen LogP contribution in [0.3, 0.4) is 0 Å². The maximum atomic E-state index is 8.76. The summed E-state index contributed by atoms with van der Waals surface area (Å²) in [5.41, 5.74) is 1.01. The molecule has 1 atom stereocenters. The standard InChI is InChI=1S/C15H23NO3/c17-10-4-3-9-16-14-7-1-2-8-15(14)19-12-13-6-5-11-18-13/h1-2,7-8,13,16-17H,3-6,9-12H2. The topological polar surface area (TPSA) is 50.7 Å². The summed E-state index contributed by atoms with van der Waals surface area (Å²) in [7, 11) is 0. The van der Waals surface area contributed by atoms with E-state index in [0.717, 1.165) is 50.3 Å². The van der Waals surface area contributed by atoms with E-state index in [2.05, 4.69) is 5.32 Å². The molecule has 0 bridgehead atoms. The Bertz CT molecular complexity index is 364. The molecule has 2 rings (SSSR count). The number of ether oxygens (including phenoxy) is 2. The summed E-state index contributed by atoms with van der Waals surface area (Å²) in [5.74, 6) is 0.877. The van der Waals surface area contributed by atoms with Gasteiger partial charge in [-0.05, 0) is 37.8 Å². The molecular weight excluding hydrogens is 242 g/mol. The Morgan fingerprint density at radius 2 is 2.21 bits per heavy atom. The monoisotopic (exact) mass is 265 g/mol. The Balaban J connectivity index is 1.80. The second-order valence-electron chi connectivity index (χ2n) is 4.80. The highest BCUT2D eigenvalue weighted by atomic mass is 16.5. The highest BCUT2D eigenvalue weighted by Gasteiger charge is 2.16. The zero-order valence-corrected chi connectivity index (χ0v) is 11.3. The van der Waals surface area contributed by atoms with E-state index in [0.29, 0.717) is 6.61 Å². The van der Waals surface area contributed by atoms with Crippen LogP contribution in [0.25, 0.3) is 0 Å². The number of nitrogens with one attached hydrogen (secondary N) is 1. The number of aliphatic hydroxyl groups is 1. The Hall–Kier alpha value is -1.26. The fourth-order valence-electron chi connectivity index (χ4n) is 2.16. The molecule has 4 nitrogen and oxygen atoms in total. The molecule has 19 heavy (non-hydrogen) atoms. The van der Waals surface area contributed by atoms with E-state index in [1.165, 1.54) is 0 Å². The van der Waals surface area contributed by atoms with Crippen molar-refractivity contribution in [3.8, 4) is 5.75 Å². The van der Waals surface area contributed by atoms with Crippen LogP contribution in [-0.4, -0.2) is 37.6 Å². The molecule has 1 fully saturated rings. The van der Waals surface area contributed by atoms with Gasteiger partial charge in [0, 0.05) is 19.8 Å². The van der Waals surface area contributed by atoms with Crippen LogP contribution < -0.4 is 10.1 Å². The first-order valence-corrected chi connectivity index (χ1v) is 7.08. The van der Waals surface area contributed by atoms with Crippen LogP contribution in [0.4, 0.5) is 5.69 Å². The van der Waals surface area contributed by atoms with Crippen molar-refractivity contribution < 1.29 is 14.6 Å². The van der Waals surface area contributed by atoms with Gasteiger partial charge in [0.25, 0.3) is 0 Å². The van der Waals surface area contributed by atoms with Gasteiger partial charge in [-0.2, -0.15) is 0 Å². The number of benzene rings is 1. The van der Waals surface area contributed by atoms with Gasteiger partial charge in [-0.25, -0.2) is 0 Å². The molecule has 1 unspecified atom stereocenters. The lowest BCUT2D eigenvalue weighted by Gasteiger charge is -2.15. The summed E-state index contributed by atoms with van der Waals surface area (Å²) in [4.78, 5) is 0. The predicted octanol–water partition coefficient (Wildman–Crippen LogP) is 2.43. The van der Waals surface area contributed by atoms with E-state index in [9.17, 15) is 0 Å². The lowest BCUT2D eigenvalue weighted by Crippen LogP contribution is -2.17. The number of hydrogen-bond acceptors (Lipinski definition) is 4. The van der Waals surface area contributed by atoms with Crippen molar-refractivity contribution in [3.05, 3.63) is 24.3 Å². The SMILES string of the molecule is OCCCCNc1ccccc1OCC1CCCO1. The van der Waals surface area contributed by atoms with Crippen molar-refractivity contribution in [3.63, 3.8) is 0 Å². The molecule has 4 heteroatoms. The van der Waals surface area contributed by atoms with Gasteiger partial charge in [-0.3, -0.25) is 0 Å². The van der Waals surface area contributed by atoms with Crippen molar-refractivity contribution in [1.29, 1.82) is 0 Å². The lowest BCUT2D eigenvalue weighted by molar-refractivity contribution is 0.0682. The molecule has 2 N–H and O–H groups in total. The summed E-state index contributed by atoms with van der Waals surface area (Å²) in [6.07, 6.45) is 4.24. The van der Waals surface area contributed by atoms with Gasteiger partial charge in [0.05, 0.1) is 11.8 Å². The molecule has 1 aromatic rings. The van der Waals surface area contributed by atoms with Crippen LogP contribution in [0, 0.1) is 0 Å². The smallest absolute Gasteiger partial charge is 0.142 e. The third kappa shape index (κ3) is 4.73. The molecule has 1 aliphatic rings. The van der Waals surface area contributed by atoms with Gasteiger partial charge >= 0.3 is 0 Å². The van der Waals surface area contributed by atoms with Gasteiger partial charge in [-0.15, -0.1) is 0 Å². The van der Waals surface area contributed by atoms with Crippen LogP contribution >= 0.6 is 0 Å². The maximum absolute atomic E-state index is 8.76. The lowest BCUT2D eigenvalue weighted by atomic mass is 10.2. The minimum absolute atomic E-state index is 0.238. The van der Waals surface area contributed by atoms with Gasteiger partial charge < -0.3 is 19.9 Å². The Labute approximate surface area is 114 Å². The fraction of sp³-hybridized carbons (Fsp3) is 0.600. The zero-order valence-electron chi connectivity index (χ0n) is 11.3. The Kier molecular flexibility index (Phi) is 5.98. The molecule has 1 saturated heterocycles. The van der Waals surface area contributed by atoms with Crippen LogP contribution in [0.5, 0.6) is 5.75 Å². The molecular formula is C15H23NO3. The van der Waals surface area contributed by atoms with Crippen molar-refractivity contribution in [2.24, 2.45) is 0 Å². The summed E-state index contributed by atoms with van der Waals surface area (Å²) in [6, 6.07) is 7.96. The van der Waals surface area contributed by atoms with Crippen molar-refractivity contribution in [2.45, 2.75) is 31.8 Å². The summed E-state index contributed by atoms with van der Waals surface area (Å²) >= 11 is 0. The highest BCUT2D eigenvalue weighted by molar-refractivity contribution is 5.56. The first-order valence-electron chi connectivity index (χ1n) is 7.08. The average Bonchev–Trinajstić information content (AvgIpc) is 2.96. The van der Waals surface area contributed by atoms with Gasteiger partial charge in [0.1, 0.15) is 12.4 Å². The van der Waals surface area contributed by atoms with Crippen LogP contribution in [0.2, 0.25) is 0 Å². The normalized spacial score (nSPS) is 18.5. The molecule has 0 spiro atoms. The second kappa shape index (κ2) is 8.02. The summed E-state index contributed by atoms with van der Waals surface area (Å²) < 4.78 is 11.4. The number of para-hydroxylation sites is 2. The first kappa shape index (κ1) is 14.2. The Morgan fingerprint density at radius 1 is 1.32 bits per heavy atom. The molecule has 0 aromatic heterocycles. The minimum Gasteiger partial charge on any atom is -0.489 e. The zero-order chi connectivity index (χ0) is 13.3. The molecule has 1 heterocycles. The largest absolute Gasteiger partial charge is 0.489 e. The van der Waals surface area contributed by atoms with Gasteiger partial charge in [0.15, 0.2) is 0 Å². The molecule has 0 saturated carbocycles. The maximum Gasteiger partial charge on any atom is 0.142 e. The highest BCUT2D eigenvalue weighted by Crippen LogP contribution is 2.25. The summed E-state index contributed by atoms with van der Waals surface area (Å²) in [5, 5.41) is 12.1. The summed E-state index contributed by atoms with van der Waals surface area (Å²) in [6.45, 7) is 2.57. The first-order chi connectivity index (χ1) is 9.40. The Morgan fingerprint density at radius 3 is 3.00 bits per heavy atom. The number of rotatable bonds is 8. The molecule has 0 amide bonds. The van der Waals surface area contributed by atoms with E-state index < -0.39 is 0 Å². The van der Waals surface area contributed by atoms with Gasteiger partial charge in [0.2, 0.25) is 0 Å². The molecule has 0 radical (unpaired) electrons. The van der Waals surface area contributed by atoms with Crippen molar-refractivity contribution in [1.82, 2.24) is 0 Å². The van der Waals surface area contributed by atoms with Crippen LogP contribution in [-0.2, 0) is 4.74 Å². The number of anilines is 1. The number of hydrogen-bond donors (Lipinski definition) is 2. The van der Waals surface area contributed by atoms with E-state index in [1.54, 1.807) is 0 Å². The van der Waals surface area contributed by atoms with E-state index in [-0.39, 0.29) is 12.7 Å².